The summed E-state index contributed by atoms with van der Waals surface area (Å²) in [7, 11) is 1.45. The largest absolute Gasteiger partial charge is 1.00 e. The monoisotopic (exact) mass is 747 g/mol. The van der Waals surface area contributed by atoms with Crippen LogP contribution in [-0.2, 0) is 23.9 Å². The van der Waals surface area contributed by atoms with Gasteiger partial charge in [0.15, 0.2) is 0 Å². The number of nitrogens with one attached hydrogen (secondary N) is 2. The van der Waals surface area contributed by atoms with E-state index in [1.54, 1.807) is 0 Å². The van der Waals surface area contributed by atoms with Crippen molar-refractivity contribution in [3.8, 4) is 0 Å². The van der Waals surface area contributed by atoms with Crippen molar-refractivity contribution in [2.24, 2.45) is 0 Å². The second-order valence-electron chi connectivity index (χ2n) is 13.1. The second-order valence-corrected chi connectivity index (χ2v) is 13.1. The van der Waals surface area contributed by atoms with Gasteiger partial charge in [-0.1, -0.05) is 117 Å². The Labute approximate surface area is 344 Å². The summed E-state index contributed by atoms with van der Waals surface area (Å²) in [6.07, 6.45) is 38.0. The van der Waals surface area contributed by atoms with Gasteiger partial charge in [0.05, 0.1) is 7.11 Å². The molecule has 0 spiro atoms. The molecule has 0 aromatic carbocycles. The van der Waals surface area contributed by atoms with Crippen LogP contribution in [0.25, 0.3) is 0 Å². The number of unbranched alkanes of at least 4 members (excludes halogenated alkanes) is 18. The predicted molar refractivity (Wildman–Crippen MR) is 215 cm³/mol. The van der Waals surface area contributed by atoms with Crippen LogP contribution in [0.1, 0.15) is 208 Å². The van der Waals surface area contributed by atoms with Crippen molar-refractivity contribution in [2.45, 2.75) is 208 Å². The summed E-state index contributed by atoms with van der Waals surface area (Å²) in [5, 5.41) is 16.1. The molecule has 52 heavy (non-hydrogen) atoms. The van der Waals surface area contributed by atoms with Gasteiger partial charge >= 0.3 is 35.5 Å². The first-order chi connectivity index (χ1) is 23.9. The molecule has 0 aliphatic rings. The SMILES string of the molecule is C.C.CCCNC(=O)CCCC/C=C\CCCCCCCCCC(=O)OC.CCCNC(=O)CCCC/C=C\CCCCCCCCCC(=O)[O-].[Na+]. The minimum absolute atomic E-state index is 0. The number of hydrogen-bond donors (Lipinski definition) is 2. The molecule has 0 saturated carbocycles. The van der Waals surface area contributed by atoms with Crippen molar-refractivity contribution in [3.63, 3.8) is 0 Å². The van der Waals surface area contributed by atoms with Crippen LogP contribution >= 0.6 is 0 Å². The molecule has 2 N–H and O–H groups in total. The van der Waals surface area contributed by atoms with Crippen molar-refractivity contribution >= 4 is 23.8 Å². The number of carbonyl (C=O) groups excluding carboxylic acids is 4. The molecule has 0 heterocycles. The topological polar surface area (TPSA) is 125 Å². The van der Waals surface area contributed by atoms with Gasteiger partial charge in [-0.25, -0.2) is 0 Å². The average molecular weight is 747 g/mol. The summed E-state index contributed by atoms with van der Waals surface area (Å²) in [6, 6.07) is 0. The summed E-state index contributed by atoms with van der Waals surface area (Å²) in [4.78, 5) is 44.0. The van der Waals surface area contributed by atoms with E-state index >= 15 is 0 Å². The fraction of sp³-hybridized carbons (Fsp3) is 0.814. The van der Waals surface area contributed by atoms with E-state index < -0.39 is 5.97 Å². The molecule has 0 saturated heterocycles. The van der Waals surface area contributed by atoms with Gasteiger partial charge in [0, 0.05) is 38.3 Å². The molecule has 0 atom stereocenters. The van der Waals surface area contributed by atoms with E-state index in [-0.39, 0.29) is 68.6 Å². The molecule has 2 amide bonds. The van der Waals surface area contributed by atoms with E-state index in [9.17, 15) is 24.3 Å². The van der Waals surface area contributed by atoms with Crippen molar-refractivity contribution in [3.05, 3.63) is 24.3 Å². The van der Waals surface area contributed by atoms with Gasteiger partial charge in [-0.3, -0.25) is 14.4 Å². The van der Waals surface area contributed by atoms with Gasteiger partial charge < -0.3 is 25.3 Å². The Morgan fingerprint density at radius 1 is 0.481 bits per heavy atom. The van der Waals surface area contributed by atoms with Crippen molar-refractivity contribution in [1.29, 1.82) is 0 Å². The van der Waals surface area contributed by atoms with Crippen LogP contribution in [0, 0.1) is 0 Å². The Balaban J connectivity index is -0.000000268. The molecular weight excluding hydrogens is 663 g/mol. The van der Waals surface area contributed by atoms with Gasteiger partial charge in [0.2, 0.25) is 11.8 Å². The number of amides is 2. The van der Waals surface area contributed by atoms with Crippen LogP contribution in [0.4, 0.5) is 0 Å². The average Bonchev–Trinajstić information content (AvgIpc) is 3.09. The molecule has 8 nitrogen and oxygen atoms in total. The van der Waals surface area contributed by atoms with E-state index in [1.165, 1.54) is 71.3 Å². The number of aliphatic carboxylic acids is 1. The fourth-order valence-corrected chi connectivity index (χ4v) is 5.21. The first-order valence-electron chi connectivity index (χ1n) is 20.0. The second kappa shape index (κ2) is 51.5. The van der Waals surface area contributed by atoms with Crippen LogP contribution in [-0.4, -0.2) is 44.0 Å². The zero-order valence-corrected chi connectivity index (χ0v) is 35.0. The Bertz CT molecular complexity index is 834. The number of ether oxygens (including phenoxy) is 1. The molecule has 0 radical (unpaired) electrons. The predicted octanol–water partition coefficient (Wildman–Crippen LogP) is 7.48. The third kappa shape index (κ3) is 55.1. The van der Waals surface area contributed by atoms with Gasteiger partial charge in [0.25, 0.3) is 0 Å². The molecule has 302 valence electrons. The maximum absolute atomic E-state index is 11.4. The minimum Gasteiger partial charge on any atom is -0.550 e. The van der Waals surface area contributed by atoms with Crippen molar-refractivity contribution in [1.82, 2.24) is 10.6 Å². The van der Waals surface area contributed by atoms with Crippen LogP contribution in [0.2, 0.25) is 0 Å². The molecular formula is C43H83N2NaO6. The Hall–Kier alpha value is -1.64. The Morgan fingerprint density at radius 3 is 1.10 bits per heavy atom. The molecule has 0 fully saturated rings. The molecule has 0 unspecified atom stereocenters. The zero-order valence-electron chi connectivity index (χ0n) is 33.0. The summed E-state index contributed by atoms with van der Waals surface area (Å²) in [5.41, 5.74) is 0. The molecule has 0 aromatic heterocycles. The van der Waals surface area contributed by atoms with E-state index in [1.807, 2.05) is 0 Å². The van der Waals surface area contributed by atoms with Crippen LogP contribution in [0.5, 0.6) is 0 Å². The minimum atomic E-state index is -0.929. The Kier molecular flexibility index (Phi) is 59.0. The molecule has 0 rings (SSSR count). The normalized spacial score (nSPS) is 10.4. The summed E-state index contributed by atoms with van der Waals surface area (Å²) in [6.45, 7) is 5.72. The summed E-state index contributed by atoms with van der Waals surface area (Å²) in [5.74, 6) is -0.648. The van der Waals surface area contributed by atoms with Crippen molar-refractivity contribution in [2.75, 3.05) is 20.2 Å². The summed E-state index contributed by atoms with van der Waals surface area (Å²) < 4.78 is 4.62. The molecule has 0 aromatic rings. The quantitative estimate of drug-likeness (QED) is 0.0305. The zero-order chi connectivity index (χ0) is 36.5. The smallest absolute Gasteiger partial charge is 0.550 e. The van der Waals surface area contributed by atoms with Crippen LogP contribution in [0.15, 0.2) is 24.3 Å². The fourth-order valence-electron chi connectivity index (χ4n) is 5.21. The maximum atomic E-state index is 11.4. The number of carboxylic acid groups (broad SMARTS) is 1. The number of carbonyl (C=O) groups is 4. The number of rotatable bonds is 34. The molecule has 0 aliphatic carbocycles. The number of hydrogen-bond acceptors (Lipinski definition) is 6. The molecule has 0 bridgehead atoms. The third-order valence-electron chi connectivity index (χ3n) is 8.26. The van der Waals surface area contributed by atoms with Gasteiger partial charge in [-0.15, -0.1) is 0 Å². The van der Waals surface area contributed by atoms with Crippen molar-refractivity contribution < 1.29 is 58.6 Å². The van der Waals surface area contributed by atoms with E-state index in [4.69, 9.17) is 0 Å². The number of methoxy groups -OCH3 is 1. The van der Waals surface area contributed by atoms with Gasteiger partial charge in [-0.2, -0.15) is 0 Å². The van der Waals surface area contributed by atoms with Gasteiger partial charge in [-0.05, 0) is 96.3 Å². The van der Waals surface area contributed by atoms with E-state index in [2.05, 4.69) is 53.5 Å². The van der Waals surface area contributed by atoms with Crippen LogP contribution < -0.4 is 45.3 Å². The number of esters is 1. The maximum Gasteiger partial charge on any atom is 1.00 e. The third-order valence-corrected chi connectivity index (χ3v) is 8.26. The first kappa shape index (κ1) is 59.6. The molecule has 0 aliphatic heterocycles. The van der Waals surface area contributed by atoms with E-state index in [0.29, 0.717) is 19.3 Å². The Morgan fingerprint density at radius 2 is 0.769 bits per heavy atom. The number of carboxylic acids is 1. The van der Waals surface area contributed by atoms with Gasteiger partial charge in [0.1, 0.15) is 0 Å². The summed E-state index contributed by atoms with van der Waals surface area (Å²) >= 11 is 0. The number of allylic oxidation sites excluding steroid dienone is 4. The van der Waals surface area contributed by atoms with Crippen LogP contribution in [0.3, 0.4) is 0 Å². The van der Waals surface area contributed by atoms with E-state index in [0.717, 1.165) is 103 Å². The standard InChI is InChI=1S/C21H39NO3.C20H37NO3.2CH4.Na/c1-3-19-22-20(23)17-15-13-11-9-7-5-4-6-8-10-12-14-16-18-21(24)25-2;1-2-18-21-19(22)16-14-12-10-8-6-4-3-5-7-9-11-13-15-17-20(23)24;;;/h7,9H,3-6,8,10-19H2,1-2H3,(H,22,23);6,8H,2-5,7,9-18H2,1H3,(H,21,22)(H,23,24);2*1H4;/q;;;;+1/p-1/b9-7-;8-6-;;;. The molecule has 9 heteroatoms. The first-order valence-corrected chi connectivity index (χ1v) is 20.0.